The fourth-order valence-corrected chi connectivity index (χ4v) is 2.01. The van der Waals surface area contributed by atoms with E-state index in [1.54, 1.807) is 0 Å². The summed E-state index contributed by atoms with van der Waals surface area (Å²) in [5.41, 5.74) is 6.24. The third-order valence-corrected chi connectivity index (χ3v) is 2.86. The summed E-state index contributed by atoms with van der Waals surface area (Å²) >= 11 is 0. The van der Waals surface area contributed by atoms with Crippen LogP contribution in [-0.2, 0) is 4.79 Å². The van der Waals surface area contributed by atoms with Gasteiger partial charge in [0.15, 0.2) is 0 Å². The third kappa shape index (κ3) is 2.08. The molecule has 1 aliphatic rings. The lowest BCUT2D eigenvalue weighted by molar-refractivity contribution is -0.113. The van der Waals surface area contributed by atoms with E-state index in [-0.39, 0.29) is 5.92 Å². The molecule has 0 radical (unpaired) electrons. The van der Waals surface area contributed by atoms with Crippen molar-refractivity contribution in [3.63, 3.8) is 0 Å². The van der Waals surface area contributed by atoms with Gasteiger partial charge < -0.3 is 10.5 Å². The van der Waals surface area contributed by atoms with Gasteiger partial charge in [-0.2, -0.15) is 0 Å². The zero-order valence-corrected chi connectivity index (χ0v) is 9.22. The van der Waals surface area contributed by atoms with Gasteiger partial charge in [0.25, 0.3) is 0 Å². The number of rotatable bonds is 2. The molecule has 2 rings (SSSR count). The maximum absolute atomic E-state index is 10.8. The Morgan fingerprint density at radius 3 is 3.00 bits per heavy atom. The van der Waals surface area contributed by atoms with Crippen LogP contribution in [0.3, 0.4) is 0 Å². The molecule has 84 valence electrons. The second-order valence-corrected chi connectivity index (χ2v) is 4.11. The van der Waals surface area contributed by atoms with Crippen LogP contribution in [0.5, 0.6) is 5.75 Å². The summed E-state index contributed by atoms with van der Waals surface area (Å²) in [4.78, 5) is 10.8. The van der Waals surface area contributed by atoms with Crippen molar-refractivity contribution in [2.75, 3.05) is 6.61 Å². The van der Waals surface area contributed by atoms with E-state index in [4.69, 9.17) is 10.5 Å². The number of amides is 1. The minimum Gasteiger partial charge on any atom is -0.493 e. The molecule has 2 atom stereocenters. The summed E-state index contributed by atoms with van der Waals surface area (Å²) in [7, 11) is 0. The molecule has 16 heavy (non-hydrogen) atoms. The van der Waals surface area contributed by atoms with E-state index in [1.807, 2.05) is 30.3 Å². The first-order valence-electron chi connectivity index (χ1n) is 5.38. The summed E-state index contributed by atoms with van der Waals surface area (Å²) in [6.45, 7) is 2.77. The highest BCUT2D eigenvalue weighted by molar-refractivity contribution is 5.85. The van der Waals surface area contributed by atoms with Crippen LogP contribution in [0.1, 0.15) is 18.4 Å². The summed E-state index contributed by atoms with van der Waals surface area (Å²) in [6.07, 6.45) is 3.30. The Labute approximate surface area is 94.9 Å². The molecule has 3 heteroatoms. The van der Waals surface area contributed by atoms with E-state index >= 15 is 0 Å². The second-order valence-electron chi connectivity index (χ2n) is 4.11. The molecule has 1 amide bonds. The van der Waals surface area contributed by atoms with Crippen LogP contribution in [0, 0.1) is 5.92 Å². The minimum atomic E-state index is -0.406. The Morgan fingerprint density at radius 2 is 2.25 bits per heavy atom. The van der Waals surface area contributed by atoms with Crippen LogP contribution in [0.15, 0.2) is 36.4 Å². The largest absolute Gasteiger partial charge is 0.493 e. The number of ether oxygens (including phenoxy) is 1. The molecule has 1 aliphatic heterocycles. The van der Waals surface area contributed by atoms with Crippen molar-refractivity contribution < 1.29 is 9.53 Å². The van der Waals surface area contributed by atoms with Crippen LogP contribution < -0.4 is 10.5 Å². The van der Waals surface area contributed by atoms with Gasteiger partial charge in [-0.15, -0.1) is 0 Å². The lowest BCUT2D eigenvalue weighted by atomic mass is 9.85. The molecule has 1 heterocycles. The maximum atomic E-state index is 10.8. The van der Waals surface area contributed by atoms with Gasteiger partial charge in [0.2, 0.25) is 5.91 Å². The highest BCUT2D eigenvalue weighted by Gasteiger charge is 2.25. The van der Waals surface area contributed by atoms with E-state index in [0.717, 1.165) is 11.3 Å². The van der Waals surface area contributed by atoms with Gasteiger partial charge in [-0.25, -0.2) is 0 Å². The van der Waals surface area contributed by atoms with Gasteiger partial charge in [0.1, 0.15) is 5.75 Å². The number of hydrogen-bond donors (Lipinski definition) is 1. The number of para-hydroxylation sites is 1. The van der Waals surface area contributed by atoms with E-state index in [1.165, 1.54) is 6.08 Å². The first kappa shape index (κ1) is 10.7. The number of primary amides is 1. The molecule has 0 spiro atoms. The minimum absolute atomic E-state index is 0.206. The topological polar surface area (TPSA) is 52.3 Å². The van der Waals surface area contributed by atoms with Crippen molar-refractivity contribution in [3.05, 3.63) is 42.0 Å². The fourth-order valence-electron chi connectivity index (χ4n) is 2.01. The summed E-state index contributed by atoms with van der Waals surface area (Å²) in [5, 5.41) is 0. The fraction of sp³-hybridized carbons (Fsp3) is 0.308. The maximum Gasteiger partial charge on any atom is 0.241 e. The third-order valence-electron chi connectivity index (χ3n) is 2.86. The summed E-state index contributed by atoms with van der Waals surface area (Å²) in [6, 6.07) is 7.91. The molecule has 0 fully saturated rings. The highest BCUT2D eigenvalue weighted by Crippen LogP contribution is 2.37. The first-order chi connectivity index (χ1) is 7.68. The van der Waals surface area contributed by atoms with Crippen LogP contribution in [-0.4, -0.2) is 12.5 Å². The molecule has 0 saturated heterocycles. The van der Waals surface area contributed by atoms with Crippen LogP contribution in [0.25, 0.3) is 0 Å². The summed E-state index contributed by atoms with van der Waals surface area (Å²) < 4.78 is 5.62. The number of nitrogens with two attached hydrogens (primary N) is 1. The summed E-state index contributed by atoms with van der Waals surface area (Å²) in [5.74, 6) is 1.05. The first-order valence-corrected chi connectivity index (χ1v) is 5.38. The number of benzene rings is 1. The smallest absolute Gasteiger partial charge is 0.241 e. The van der Waals surface area contributed by atoms with E-state index in [2.05, 4.69) is 6.92 Å². The molecule has 0 aromatic heterocycles. The molecule has 3 nitrogen and oxygen atoms in total. The lowest BCUT2D eigenvalue weighted by Gasteiger charge is -2.29. The number of allylic oxidation sites excluding steroid dienone is 1. The SMILES string of the molecule is CC1COc2ccccc2C1C=CC(N)=O. The van der Waals surface area contributed by atoms with Gasteiger partial charge in [-0.3, -0.25) is 4.79 Å². The van der Waals surface area contributed by atoms with Crippen molar-refractivity contribution in [1.82, 2.24) is 0 Å². The van der Waals surface area contributed by atoms with Gasteiger partial charge in [-0.05, 0) is 12.1 Å². The molecule has 1 aromatic rings. The quantitative estimate of drug-likeness (QED) is 0.768. The molecular weight excluding hydrogens is 202 g/mol. The van der Waals surface area contributed by atoms with Crippen LogP contribution in [0.2, 0.25) is 0 Å². The Kier molecular flexibility index (Phi) is 2.95. The molecular formula is C13H15NO2. The Hall–Kier alpha value is -1.77. The van der Waals surface area contributed by atoms with Gasteiger partial charge in [-0.1, -0.05) is 31.2 Å². The van der Waals surface area contributed by atoms with Crippen molar-refractivity contribution in [3.8, 4) is 5.75 Å². The van der Waals surface area contributed by atoms with Gasteiger partial charge in [0.05, 0.1) is 6.61 Å². The number of carbonyl (C=O) groups is 1. The molecule has 0 saturated carbocycles. The Bertz CT molecular complexity index is 426. The van der Waals surface area contributed by atoms with Crippen LogP contribution >= 0.6 is 0 Å². The Balaban J connectivity index is 2.33. The second kappa shape index (κ2) is 4.39. The molecule has 2 N–H and O–H groups in total. The average molecular weight is 217 g/mol. The predicted octanol–water partition coefficient (Wildman–Crippen LogP) is 1.84. The zero-order valence-electron chi connectivity index (χ0n) is 9.22. The van der Waals surface area contributed by atoms with Crippen LogP contribution in [0.4, 0.5) is 0 Å². The molecule has 0 bridgehead atoms. The van der Waals surface area contributed by atoms with Gasteiger partial charge in [0, 0.05) is 17.4 Å². The molecule has 0 aliphatic carbocycles. The predicted molar refractivity (Wildman–Crippen MR) is 62.2 cm³/mol. The van der Waals surface area contributed by atoms with E-state index in [9.17, 15) is 4.79 Å². The molecule has 2 unspecified atom stereocenters. The standard InChI is InChI=1S/C13H15NO2/c1-9-8-16-12-5-3-2-4-11(12)10(9)6-7-13(14)15/h2-7,9-10H,8H2,1H3,(H2,14,15). The zero-order chi connectivity index (χ0) is 11.5. The number of fused-ring (bicyclic) bond motifs is 1. The van der Waals surface area contributed by atoms with Crippen molar-refractivity contribution in [1.29, 1.82) is 0 Å². The van der Waals surface area contributed by atoms with Crippen molar-refractivity contribution in [2.45, 2.75) is 12.8 Å². The van der Waals surface area contributed by atoms with Gasteiger partial charge >= 0.3 is 0 Å². The lowest BCUT2D eigenvalue weighted by Crippen LogP contribution is -2.22. The number of carbonyl (C=O) groups excluding carboxylic acids is 1. The van der Waals surface area contributed by atoms with Crippen molar-refractivity contribution in [2.24, 2.45) is 11.7 Å². The average Bonchev–Trinajstić information content (AvgIpc) is 2.27. The van der Waals surface area contributed by atoms with E-state index < -0.39 is 5.91 Å². The Morgan fingerprint density at radius 1 is 1.50 bits per heavy atom. The molecule has 1 aromatic carbocycles. The number of hydrogen-bond acceptors (Lipinski definition) is 2. The normalized spacial score (nSPS) is 23.8. The van der Waals surface area contributed by atoms with E-state index in [0.29, 0.717) is 12.5 Å². The van der Waals surface area contributed by atoms with Crippen molar-refractivity contribution >= 4 is 5.91 Å². The monoisotopic (exact) mass is 217 g/mol. The highest BCUT2D eigenvalue weighted by atomic mass is 16.5.